The summed E-state index contributed by atoms with van der Waals surface area (Å²) in [5, 5.41) is 7.58. The van der Waals surface area contributed by atoms with Gasteiger partial charge in [0.2, 0.25) is 0 Å². The van der Waals surface area contributed by atoms with Crippen molar-refractivity contribution < 1.29 is 0 Å². The van der Waals surface area contributed by atoms with Gasteiger partial charge in [0.15, 0.2) is 5.82 Å². The Hall–Kier alpha value is -6.46. The van der Waals surface area contributed by atoms with Crippen molar-refractivity contribution in [2.75, 3.05) is 0 Å². The Labute approximate surface area is 320 Å². The van der Waals surface area contributed by atoms with Gasteiger partial charge in [0.25, 0.3) is 0 Å². The molecule has 3 heterocycles. The molecule has 11 rings (SSSR count). The number of fused-ring (bicyclic) bond motifs is 7. The van der Waals surface area contributed by atoms with Crippen molar-refractivity contribution in [1.82, 2.24) is 9.97 Å². The minimum absolute atomic E-state index is 0.713. The van der Waals surface area contributed by atoms with E-state index in [1.165, 1.54) is 62.2 Å². The Morgan fingerprint density at radius 3 is 1.76 bits per heavy atom. The minimum atomic E-state index is 0.713. The first-order chi connectivity index (χ1) is 26.7. The van der Waals surface area contributed by atoms with Gasteiger partial charge in [-0.15, -0.1) is 22.7 Å². The van der Waals surface area contributed by atoms with Crippen molar-refractivity contribution in [3.63, 3.8) is 0 Å². The molecule has 0 saturated carbocycles. The number of thiophene rings is 2. The van der Waals surface area contributed by atoms with Crippen LogP contribution < -0.4 is 0 Å². The van der Waals surface area contributed by atoms with Gasteiger partial charge in [-0.25, -0.2) is 9.97 Å². The third-order valence-corrected chi connectivity index (χ3v) is 12.8. The molecule has 0 atom stereocenters. The lowest BCUT2D eigenvalue weighted by Gasteiger charge is -2.14. The molecule has 0 aliphatic heterocycles. The van der Waals surface area contributed by atoms with Crippen molar-refractivity contribution in [3.05, 3.63) is 182 Å². The molecular formula is C50H30N2S2. The van der Waals surface area contributed by atoms with Crippen LogP contribution in [0.15, 0.2) is 182 Å². The second-order valence-electron chi connectivity index (χ2n) is 13.8. The summed E-state index contributed by atoms with van der Waals surface area (Å²) in [7, 11) is 0. The van der Waals surface area contributed by atoms with Crippen molar-refractivity contribution in [2.24, 2.45) is 0 Å². The maximum Gasteiger partial charge on any atom is 0.160 e. The Morgan fingerprint density at radius 2 is 0.926 bits per heavy atom. The van der Waals surface area contributed by atoms with Gasteiger partial charge in [-0.2, -0.15) is 0 Å². The lowest BCUT2D eigenvalue weighted by molar-refractivity contribution is 1.19. The maximum absolute atomic E-state index is 5.32. The van der Waals surface area contributed by atoms with Crippen LogP contribution in [-0.2, 0) is 0 Å². The van der Waals surface area contributed by atoms with E-state index >= 15 is 0 Å². The summed E-state index contributed by atoms with van der Waals surface area (Å²) in [6.45, 7) is 0. The van der Waals surface area contributed by atoms with Gasteiger partial charge in [0, 0.05) is 57.0 Å². The molecule has 54 heavy (non-hydrogen) atoms. The van der Waals surface area contributed by atoms with Crippen molar-refractivity contribution in [2.45, 2.75) is 0 Å². The Balaban J connectivity index is 1.16. The Kier molecular flexibility index (Phi) is 7.25. The molecule has 3 aromatic heterocycles. The molecule has 11 aromatic rings. The van der Waals surface area contributed by atoms with Crippen LogP contribution >= 0.6 is 22.7 Å². The van der Waals surface area contributed by atoms with E-state index in [2.05, 4.69) is 176 Å². The van der Waals surface area contributed by atoms with Crippen molar-refractivity contribution in [3.8, 4) is 56.2 Å². The fourth-order valence-electron chi connectivity index (χ4n) is 7.78. The Bertz CT molecular complexity index is 3230. The fourth-order valence-corrected chi connectivity index (χ4v) is 10.1. The van der Waals surface area contributed by atoms with Crippen LogP contribution in [0.5, 0.6) is 0 Å². The molecule has 0 N–H and O–H groups in total. The molecule has 0 radical (unpaired) electrons. The molecule has 2 nitrogen and oxygen atoms in total. The van der Waals surface area contributed by atoms with E-state index < -0.39 is 0 Å². The lowest BCUT2D eigenvalue weighted by atomic mass is 9.93. The zero-order valence-electron chi connectivity index (χ0n) is 29.0. The summed E-state index contributed by atoms with van der Waals surface area (Å²) < 4.78 is 5.13. The molecule has 0 spiro atoms. The second kappa shape index (κ2) is 12.6. The van der Waals surface area contributed by atoms with Gasteiger partial charge >= 0.3 is 0 Å². The largest absolute Gasteiger partial charge is 0.228 e. The smallest absolute Gasteiger partial charge is 0.160 e. The van der Waals surface area contributed by atoms with E-state index in [4.69, 9.17) is 9.97 Å². The summed E-state index contributed by atoms with van der Waals surface area (Å²) in [5.41, 5.74) is 9.63. The molecule has 0 unspecified atom stereocenters. The number of rotatable bonds is 5. The first-order valence-electron chi connectivity index (χ1n) is 18.1. The van der Waals surface area contributed by atoms with Crippen LogP contribution in [0.2, 0.25) is 0 Å². The molecule has 8 aromatic carbocycles. The number of aromatic nitrogens is 2. The number of benzene rings is 8. The SMILES string of the molecule is c1ccc(-c2nc(-c3cc(-c4ccc5ccccc5c4)cc(-c4ccc5sc6ccccc6c5c4)c3)cc(-c3cccc4c3sc3ccccc34)n2)cc1. The monoisotopic (exact) mass is 722 g/mol. The summed E-state index contributed by atoms with van der Waals surface area (Å²) in [4.78, 5) is 10.6. The second-order valence-corrected chi connectivity index (χ2v) is 15.9. The molecule has 4 heteroatoms. The molecule has 0 aliphatic rings. The molecule has 252 valence electrons. The van der Waals surface area contributed by atoms with Crippen molar-refractivity contribution in [1.29, 1.82) is 0 Å². The molecule has 0 saturated heterocycles. The summed E-state index contributed by atoms with van der Waals surface area (Å²) in [5.74, 6) is 0.713. The summed E-state index contributed by atoms with van der Waals surface area (Å²) >= 11 is 3.68. The first-order valence-corrected chi connectivity index (χ1v) is 19.8. The van der Waals surface area contributed by atoms with E-state index in [0.717, 1.165) is 39.2 Å². The number of hydrogen-bond acceptors (Lipinski definition) is 4. The van der Waals surface area contributed by atoms with Gasteiger partial charge < -0.3 is 0 Å². The van der Waals surface area contributed by atoms with Crippen LogP contribution in [0, 0.1) is 0 Å². The highest BCUT2D eigenvalue weighted by atomic mass is 32.1. The van der Waals surface area contributed by atoms with Gasteiger partial charge in [-0.3, -0.25) is 0 Å². The Morgan fingerprint density at radius 1 is 0.315 bits per heavy atom. The average Bonchev–Trinajstić information content (AvgIpc) is 3.82. The summed E-state index contributed by atoms with van der Waals surface area (Å²) in [6.07, 6.45) is 0. The normalized spacial score (nSPS) is 11.7. The van der Waals surface area contributed by atoms with Crippen LogP contribution in [0.4, 0.5) is 0 Å². The number of hydrogen-bond donors (Lipinski definition) is 0. The zero-order valence-corrected chi connectivity index (χ0v) is 30.7. The summed E-state index contributed by atoms with van der Waals surface area (Å²) in [6, 6.07) is 65.7. The van der Waals surface area contributed by atoms with E-state index in [1.54, 1.807) is 0 Å². The average molecular weight is 723 g/mol. The topological polar surface area (TPSA) is 25.8 Å². The molecule has 0 amide bonds. The van der Waals surface area contributed by atoms with Gasteiger partial charge in [0.05, 0.1) is 11.4 Å². The third kappa shape index (κ3) is 5.30. The zero-order chi connectivity index (χ0) is 35.6. The van der Waals surface area contributed by atoms with Gasteiger partial charge in [-0.05, 0) is 87.6 Å². The van der Waals surface area contributed by atoms with Gasteiger partial charge in [0.1, 0.15) is 0 Å². The van der Waals surface area contributed by atoms with Crippen LogP contribution in [-0.4, -0.2) is 9.97 Å². The van der Waals surface area contributed by atoms with E-state index in [1.807, 2.05) is 28.7 Å². The fraction of sp³-hybridized carbons (Fsp3) is 0. The molecule has 0 bridgehead atoms. The molecule has 0 aliphatic carbocycles. The van der Waals surface area contributed by atoms with E-state index in [9.17, 15) is 0 Å². The van der Waals surface area contributed by atoms with Crippen molar-refractivity contribution >= 4 is 73.8 Å². The maximum atomic E-state index is 5.32. The molecule has 0 fully saturated rings. The van der Waals surface area contributed by atoms with E-state index in [-0.39, 0.29) is 0 Å². The predicted molar refractivity (Wildman–Crippen MR) is 232 cm³/mol. The highest BCUT2D eigenvalue weighted by Crippen LogP contribution is 2.42. The first kappa shape index (κ1) is 31.1. The van der Waals surface area contributed by atoms with Crippen LogP contribution in [0.1, 0.15) is 0 Å². The predicted octanol–water partition coefficient (Wildman–Crippen LogP) is 14.7. The number of nitrogens with zero attached hydrogens (tertiary/aromatic N) is 2. The van der Waals surface area contributed by atoms with E-state index in [0.29, 0.717) is 5.82 Å². The standard InChI is InChI=1S/C50H30N2S2/c1-2-12-32(13-3-1)50-51-44(30-45(52-50)42-18-10-17-41-39-15-6-9-20-47(39)54-49(41)42)38-27-36(34-22-21-31-11-4-5-14-33(31)25-34)26-37(28-38)35-23-24-48-43(29-35)40-16-7-8-19-46(40)53-48/h1-30H. The van der Waals surface area contributed by atoms with Crippen LogP contribution in [0.25, 0.3) is 107 Å². The third-order valence-electron chi connectivity index (χ3n) is 10.5. The highest BCUT2D eigenvalue weighted by Gasteiger charge is 2.17. The van der Waals surface area contributed by atoms with Gasteiger partial charge in [-0.1, -0.05) is 127 Å². The van der Waals surface area contributed by atoms with Crippen LogP contribution in [0.3, 0.4) is 0 Å². The molecular weight excluding hydrogens is 693 g/mol. The minimum Gasteiger partial charge on any atom is -0.228 e. The highest BCUT2D eigenvalue weighted by molar-refractivity contribution is 7.26. The quantitative estimate of drug-likeness (QED) is 0.177. The lowest BCUT2D eigenvalue weighted by Crippen LogP contribution is -1.96.